The number of halogens is 3. The topological polar surface area (TPSA) is 102 Å². The summed E-state index contributed by atoms with van der Waals surface area (Å²) in [6, 6.07) is 6.59. The van der Waals surface area contributed by atoms with Crippen molar-refractivity contribution in [2.24, 2.45) is 0 Å². The van der Waals surface area contributed by atoms with Gasteiger partial charge in [0.2, 0.25) is 17.8 Å². The van der Waals surface area contributed by atoms with Crippen LogP contribution in [0.1, 0.15) is 18.0 Å². The second-order valence-electron chi connectivity index (χ2n) is 6.28. The Labute approximate surface area is 161 Å². The standard InChI is InChI=1S/C18H13F3N6O2/c19-18(20,21)11-4-1-5-12(7-11)23-16(29)13-8-14(28)24-17-25-15(26-27(13)17)10-3-2-6-22-9-10/h1-7,9,13H,8H2,(H,23,29)(H,24,25,26,28). The van der Waals surface area contributed by atoms with Crippen molar-refractivity contribution in [3.63, 3.8) is 0 Å². The van der Waals surface area contributed by atoms with Crippen molar-refractivity contribution in [1.82, 2.24) is 19.7 Å². The number of amides is 2. The Balaban J connectivity index is 1.62. The van der Waals surface area contributed by atoms with Gasteiger partial charge in [-0.25, -0.2) is 4.68 Å². The summed E-state index contributed by atoms with van der Waals surface area (Å²) in [6.07, 6.45) is -1.66. The normalized spacial score (nSPS) is 16.1. The molecule has 0 spiro atoms. The number of hydrogen-bond donors (Lipinski definition) is 2. The molecule has 0 aliphatic carbocycles. The van der Waals surface area contributed by atoms with Gasteiger partial charge in [0.1, 0.15) is 6.04 Å². The summed E-state index contributed by atoms with van der Waals surface area (Å²) in [5.41, 5.74) is -0.345. The highest BCUT2D eigenvalue weighted by Crippen LogP contribution is 2.31. The van der Waals surface area contributed by atoms with Crippen LogP contribution in [0.5, 0.6) is 0 Å². The van der Waals surface area contributed by atoms with E-state index in [0.29, 0.717) is 5.56 Å². The summed E-state index contributed by atoms with van der Waals surface area (Å²) in [4.78, 5) is 32.9. The molecule has 2 aromatic heterocycles. The van der Waals surface area contributed by atoms with Crippen molar-refractivity contribution >= 4 is 23.5 Å². The SMILES string of the molecule is O=C1CC(C(=O)Nc2cccc(C(F)(F)F)c2)n2nc(-c3cccnc3)nc2N1. The fourth-order valence-electron chi connectivity index (χ4n) is 2.88. The number of fused-ring (bicyclic) bond motifs is 1. The van der Waals surface area contributed by atoms with Crippen LogP contribution in [0.4, 0.5) is 24.8 Å². The molecule has 0 saturated heterocycles. The van der Waals surface area contributed by atoms with Gasteiger partial charge >= 0.3 is 6.18 Å². The lowest BCUT2D eigenvalue weighted by molar-refractivity contribution is -0.137. The largest absolute Gasteiger partial charge is 0.416 e. The van der Waals surface area contributed by atoms with Crippen molar-refractivity contribution in [1.29, 1.82) is 0 Å². The minimum atomic E-state index is -4.54. The summed E-state index contributed by atoms with van der Waals surface area (Å²) in [7, 11) is 0. The van der Waals surface area contributed by atoms with Gasteiger partial charge in [-0.1, -0.05) is 6.07 Å². The van der Waals surface area contributed by atoms with Crippen LogP contribution >= 0.6 is 0 Å². The maximum absolute atomic E-state index is 12.9. The van der Waals surface area contributed by atoms with Gasteiger partial charge in [-0.3, -0.25) is 19.9 Å². The number of nitrogens with zero attached hydrogens (tertiary/aromatic N) is 4. The molecule has 2 amide bonds. The molecule has 0 saturated carbocycles. The first-order chi connectivity index (χ1) is 13.8. The zero-order valence-corrected chi connectivity index (χ0v) is 14.6. The van der Waals surface area contributed by atoms with Gasteiger partial charge in [-0.15, -0.1) is 5.10 Å². The molecule has 0 fully saturated rings. The van der Waals surface area contributed by atoms with Crippen molar-refractivity contribution in [3.05, 3.63) is 54.4 Å². The minimum Gasteiger partial charge on any atom is -0.324 e. The number of aromatic nitrogens is 4. The van der Waals surface area contributed by atoms with Crippen molar-refractivity contribution in [2.75, 3.05) is 10.6 Å². The molecule has 1 aliphatic rings. The Hall–Kier alpha value is -3.76. The fourth-order valence-corrected chi connectivity index (χ4v) is 2.88. The van der Waals surface area contributed by atoms with Gasteiger partial charge in [0, 0.05) is 23.6 Å². The first kappa shape index (κ1) is 18.6. The Morgan fingerprint density at radius 1 is 1.24 bits per heavy atom. The molecular weight excluding hydrogens is 389 g/mol. The highest BCUT2D eigenvalue weighted by molar-refractivity contribution is 6.00. The highest BCUT2D eigenvalue weighted by atomic mass is 19.4. The van der Waals surface area contributed by atoms with E-state index in [9.17, 15) is 22.8 Å². The quantitative estimate of drug-likeness (QED) is 0.702. The van der Waals surface area contributed by atoms with Crippen LogP contribution in [0.2, 0.25) is 0 Å². The first-order valence-corrected chi connectivity index (χ1v) is 8.46. The van der Waals surface area contributed by atoms with E-state index in [0.717, 1.165) is 12.1 Å². The molecule has 11 heteroatoms. The third-order valence-corrected chi connectivity index (χ3v) is 4.24. The molecule has 148 valence electrons. The average Bonchev–Trinajstić information content (AvgIpc) is 3.11. The monoisotopic (exact) mass is 402 g/mol. The molecule has 1 atom stereocenters. The van der Waals surface area contributed by atoms with E-state index < -0.39 is 29.6 Å². The van der Waals surface area contributed by atoms with E-state index in [2.05, 4.69) is 25.7 Å². The molecule has 1 aliphatic heterocycles. The number of alkyl halides is 3. The Bertz CT molecular complexity index is 1080. The average molecular weight is 402 g/mol. The minimum absolute atomic E-state index is 0.0371. The zero-order valence-electron chi connectivity index (χ0n) is 14.6. The van der Waals surface area contributed by atoms with E-state index >= 15 is 0 Å². The second-order valence-corrected chi connectivity index (χ2v) is 6.28. The molecule has 3 aromatic rings. The van der Waals surface area contributed by atoms with Gasteiger partial charge in [-0.05, 0) is 30.3 Å². The third-order valence-electron chi connectivity index (χ3n) is 4.24. The first-order valence-electron chi connectivity index (χ1n) is 8.46. The lowest BCUT2D eigenvalue weighted by atomic mass is 10.1. The number of benzene rings is 1. The molecule has 3 heterocycles. The maximum atomic E-state index is 12.9. The lowest BCUT2D eigenvalue weighted by Crippen LogP contribution is -2.36. The highest BCUT2D eigenvalue weighted by Gasteiger charge is 2.34. The number of pyridine rings is 1. The Kier molecular flexibility index (Phi) is 4.49. The summed E-state index contributed by atoms with van der Waals surface area (Å²) >= 11 is 0. The van der Waals surface area contributed by atoms with Crippen LogP contribution in [0.3, 0.4) is 0 Å². The zero-order chi connectivity index (χ0) is 20.6. The summed E-state index contributed by atoms with van der Waals surface area (Å²) < 4.78 is 39.9. The van der Waals surface area contributed by atoms with E-state index in [-0.39, 0.29) is 23.9 Å². The van der Waals surface area contributed by atoms with Crippen molar-refractivity contribution in [3.8, 4) is 11.4 Å². The smallest absolute Gasteiger partial charge is 0.324 e. The van der Waals surface area contributed by atoms with Crippen LogP contribution in [0.25, 0.3) is 11.4 Å². The molecule has 1 aromatic carbocycles. The molecule has 0 radical (unpaired) electrons. The number of carbonyl (C=O) groups excluding carboxylic acids is 2. The molecular formula is C18H13F3N6O2. The summed E-state index contributed by atoms with van der Waals surface area (Å²) in [6.45, 7) is 0. The van der Waals surface area contributed by atoms with Crippen LogP contribution in [-0.2, 0) is 15.8 Å². The lowest BCUT2D eigenvalue weighted by Gasteiger charge is -2.22. The van der Waals surface area contributed by atoms with E-state index in [1.807, 2.05) is 0 Å². The molecule has 29 heavy (non-hydrogen) atoms. The maximum Gasteiger partial charge on any atom is 0.416 e. The van der Waals surface area contributed by atoms with Gasteiger partial charge in [0.25, 0.3) is 0 Å². The van der Waals surface area contributed by atoms with Crippen LogP contribution < -0.4 is 10.6 Å². The number of anilines is 2. The van der Waals surface area contributed by atoms with Gasteiger partial charge in [0.15, 0.2) is 5.82 Å². The van der Waals surface area contributed by atoms with Gasteiger partial charge < -0.3 is 5.32 Å². The molecule has 1 unspecified atom stereocenters. The number of carbonyl (C=O) groups is 2. The number of rotatable bonds is 3. The Morgan fingerprint density at radius 2 is 2.07 bits per heavy atom. The summed E-state index contributed by atoms with van der Waals surface area (Å²) in [5.74, 6) is -0.800. The molecule has 8 nitrogen and oxygen atoms in total. The number of hydrogen-bond acceptors (Lipinski definition) is 5. The van der Waals surface area contributed by atoms with Crippen molar-refractivity contribution in [2.45, 2.75) is 18.6 Å². The number of nitrogens with one attached hydrogen (secondary N) is 2. The second kappa shape index (κ2) is 7.00. The van der Waals surface area contributed by atoms with E-state index in [1.54, 1.807) is 18.3 Å². The molecule has 0 bridgehead atoms. The van der Waals surface area contributed by atoms with Crippen LogP contribution in [0, 0.1) is 0 Å². The molecule has 2 N–H and O–H groups in total. The fraction of sp³-hybridized carbons (Fsp3) is 0.167. The van der Waals surface area contributed by atoms with E-state index in [1.165, 1.54) is 23.0 Å². The van der Waals surface area contributed by atoms with Crippen LogP contribution in [0.15, 0.2) is 48.8 Å². The third kappa shape index (κ3) is 3.79. The van der Waals surface area contributed by atoms with E-state index in [4.69, 9.17) is 0 Å². The predicted molar refractivity (Wildman–Crippen MR) is 95.6 cm³/mol. The predicted octanol–water partition coefficient (Wildman–Crippen LogP) is 2.88. The summed E-state index contributed by atoms with van der Waals surface area (Å²) in [5, 5.41) is 9.21. The molecule has 4 rings (SSSR count). The van der Waals surface area contributed by atoms with Gasteiger partial charge in [0.05, 0.1) is 12.0 Å². The van der Waals surface area contributed by atoms with Crippen LogP contribution in [-0.4, -0.2) is 31.6 Å². The van der Waals surface area contributed by atoms with Crippen molar-refractivity contribution < 1.29 is 22.8 Å². The Morgan fingerprint density at radius 3 is 2.79 bits per heavy atom. The van der Waals surface area contributed by atoms with Gasteiger partial charge in [-0.2, -0.15) is 18.2 Å².